The minimum Gasteiger partial charge on any atom is -0.378 e. The third kappa shape index (κ3) is 2.61. The lowest BCUT2D eigenvalue weighted by molar-refractivity contribution is -0.124. The summed E-state index contributed by atoms with van der Waals surface area (Å²) in [6, 6.07) is 10.5. The van der Waals surface area contributed by atoms with Crippen molar-refractivity contribution in [2.24, 2.45) is 0 Å². The van der Waals surface area contributed by atoms with Crippen molar-refractivity contribution >= 4 is 22.6 Å². The number of amides is 1. The molecule has 0 unspecified atom stereocenters. The van der Waals surface area contributed by atoms with E-state index in [1.54, 1.807) is 30.3 Å². The molecule has 0 bridgehead atoms. The van der Waals surface area contributed by atoms with Crippen molar-refractivity contribution in [3.05, 3.63) is 53.9 Å². The van der Waals surface area contributed by atoms with E-state index in [1.807, 2.05) is 13.0 Å². The van der Waals surface area contributed by atoms with Crippen LogP contribution in [0.15, 0.2) is 42.6 Å². The first kappa shape index (κ1) is 13.3. The number of anilines is 1. The number of fused-ring (bicyclic) bond motifs is 1. The van der Waals surface area contributed by atoms with Gasteiger partial charge >= 0.3 is 0 Å². The Bertz CT molecular complexity index is 783. The van der Waals surface area contributed by atoms with Crippen LogP contribution in [0.25, 0.3) is 11.0 Å². The van der Waals surface area contributed by atoms with Crippen molar-refractivity contribution in [1.82, 2.24) is 15.2 Å². The van der Waals surface area contributed by atoms with Crippen molar-refractivity contribution < 1.29 is 9.90 Å². The second-order valence-corrected chi connectivity index (χ2v) is 4.75. The number of aliphatic hydroxyl groups excluding tert-OH is 1. The maximum atomic E-state index is 12.1. The Balaban J connectivity index is 1.81. The second-order valence-electron chi connectivity index (χ2n) is 4.75. The van der Waals surface area contributed by atoms with Crippen LogP contribution in [0, 0.1) is 6.92 Å². The fraction of sp³-hybridized carbons (Fsp3) is 0.133. The molecule has 106 valence electrons. The molecular weight excluding hydrogens is 268 g/mol. The van der Waals surface area contributed by atoms with Crippen LogP contribution in [-0.4, -0.2) is 26.2 Å². The van der Waals surface area contributed by atoms with Crippen LogP contribution in [0.5, 0.6) is 0 Å². The van der Waals surface area contributed by atoms with Gasteiger partial charge in [0, 0.05) is 11.1 Å². The van der Waals surface area contributed by atoms with Crippen LogP contribution >= 0.6 is 0 Å². The molecule has 1 aromatic carbocycles. The molecule has 0 fully saturated rings. The largest absolute Gasteiger partial charge is 0.378 e. The molecule has 0 radical (unpaired) electrons. The summed E-state index contributed by atoms with van der Waals surface area (Å²) in [5.41, 5.74) is 2.53. The van der Waals surface area contributed by atoms with Gasteiger partial charge in [-0.15, -0.1) is 0 Å². The SMILES string of the molecule is Cc1[nH]nc2ncc(NC(=O)[C@H](O)c3ccccc3)cc12. The van der Waals surface area contributed by atoms with Gasteiger partial charge < -0.3 is 10.4 Å². The number of nitrogens with one attached hydrogen (secondary N) is 2. The highest BCUT2D eigenvalue weighted by Gasteiger charge is 2.17. The molecule has 6 heteroatoms. The van der Waals surface area contributed by atoms with Gasteiger partial charge in [0.1, 0.15) is 0 Å². The van der Waals surface area contributed by atoms with Crippen molar-refractivity contribution in [2.45, 2.75) is 13.0 Å². The molecule has 3 rings (SSSR count). The Morgan fingerprint density at radius 3 is 2.86 bits per heavy atom. The van der Waals surface area contributed by atoms with Gasteiger partial charge in [0.15, 0.2) is 11.8 Å². The van der Waals surface area contributed by atoms with E-state index in [0.29, 0.717) is 16.9 Å². The first-order valence-corrected chi connectivity index (χ1v) is 6.50. The first-order valence-electron chi connectivity index (χ1n) is 6.50. The average Bonchev–Trinajstić information content (AvgIpc) is 2.88. The highest BCUT2D eigenvalue weighted by molar-refractivity contribution is 5.96. The summed E-state index contributed by atoms with van der Waals surface area (Å²) in [5.74, 6) is -0.497. The molecule has 3 N–H and O–H groups in total. The Morgan fingerprint density at radius 2 is 2.10 bits per heavy atom. The van der Waals surface area contributed by atoms with Crippen molar-refractivity contribution in [2.75, 3.05) is 5.32 Å². The van der Waals surface area contributed by atoms with Crippen LogP contribution in [-0.2, 0) is 4.79 Å². The van der Waals surface area contributed by atoms with Crippen LogP contribution < -0.4 is 5.32 Å². The predicted octanol–water partition coefficient (Wildman–Crippen LogP) is 1.94. The fourth-order valence-electron chi connectivity index (χ4n) is 2.09. The Morgan fingerprint density at radius 1 is 1.33 bits per heavy atom. The number of aromatic amines is 1. The number of carbonyl (C=O) groups excluding carboxylic acids is 1. The number of pyridine rings is 1. The summed E-state index contributed by atoms with van der Waals surface area (Å²) in [7, 11) is 0. The number of hydrogen-bond donors (Lipinski definition) is 3. The number of rotatable bonds is 3. The van der Waals surface area contributed by atoms with Gasteiger partial charge in [0.25, 0.3) is 5.91 Å². The third-order valence-electron chi connectivity index (χ3n) is 3.23. The summed E-state index contributed by atoms with van der Waals surface area (Å²) >= 11 is 0. The highest BCUT2D eigenvalue weighted by Crippen LogP contribution is 2.19. The predicted molar refractivity (Wildman–Crippen MR) is 78.7 cm³/mol. The summed E-state index contributed by atoms with van der Waals surface area (Å²) in [6.07, 6.45) is 0.297. The van der Waals surface area contributed by atoms with E-state index in [4.69, 9.17) is 0 Å². The molecule has 0 aliphatic rings. The standard InChI is InChI=1S/C15H14N4O2/c1-9-12-7-11(8-16-14(12)19-18-9)17-15(21)13(20)10-5-3-2-4-6-10/h2-8,13,20H,1H3,(H,17,21)(H,16,18,19)/t13-/m1/s1. The first-order chi connectivity index (χ1) is 10.1. The Labute approximate surface area is 120 Å². The maximum absolute atomic E-state index is 12.1. The second kappa shape index (κ2) is 5.34. The zero-order valence-corrected chi connectivity index (χ0v) is 11.4. The molecule has 6 nitrogen and oxygen atoms in total. The molecule has 0 spiro atoms. The van der Waals surface area contributed by atoms with E-state index < -0.39 is 12.0 Å². The van der Waals surface area contributed by atoms with Crippen LogP contribution in [0.1, 0.15) is 17.4 Å². The summed E-state index contributed by atoms with van der Waals surface area (Å²) < 4.78 is 0. The van der Waals surface area contributed by atoms with Gasteiger partial charge in [-0.1, -0.05) is 30.3 Å². The molecule has 1 atom stereocenters. The van der Waals surface area contributed by atoms with E-state index in [-0.39, 0.29) is 0 Å². The zero-order chi connectivity index (χ0) is 14.8. The van der Waals surface area contributed by atoms with E-state index in [2.05, 4.69) is 20.5 Å². The van der Waals surface area contributed by atoms with Gasteiger partial charge in [0.05, 0.1) is 11.9 Å². The minimum atomic E-state index is -1.22. The maximum Gasteiger partial charge on any atom is 0.257 e. The summed E-state index contributed by atoms with van der Waals surface area (Å²) in [6.45, 7) is 1.88. The average molecular weight is 282 g/mol. The van der Waals surface area contributed by atoms with Gasteiger partial charge in [0.2, 0.25) is 0 Å². The number of aryl methyl sites for hydroxylation is 1. The lowest BCUT2D eigenvalue weighted by Gasteiger charge is -2.11. The third-order valence-corrected chi connectivity index (χ3v) is 3.23. The highest BCUT2D eigenvalue weighted by atomic mass is 16.3. The quantitative estimate of drug-likeness (QED) is 0.684. The molecule has 0 saturated heterocycles. The van der Waals surface area contributed by atoms with Crippen LogP contribution in [0.3, 0.4) is 0 Å². The smallest absolute Gasteiger partial charge is 0.257 e. The number of H-pyrrole nitrogens is 1. The number of hydrogen-bond acceptors (Lipinski definition) is 4. The molecule has 2 aromatic heterocycles. The molecule has 0 aliphatic carbocycles. The summed E-state index contributed by atoms with van der Waals surface area (Å²) in [5, 5.41) is 20.4. The van der Waals surface area contributed by atoms with Gasteiger partial charge in [-0.3, -0.25) is 9.89 Å². The number of aliphatic hydroxyl groups is 1. The topological polar surface area (TPSA) is 90.9 Å². The van der Waals surface area contributed by atoms with E-state index >= 15 is 0 Å². The molecule has 1 amide bonds. The van der Waals surface area contributed by atoms with Crippen molar-refractivity contribution in [3.63, 3.8) is 0 Å². The van der Waals surface area contributed by atoms with Gasteiger partial charge in [-0.2, -0.15) is 5.10 Å². The number of carbonyl (C=O) groups is 1. The van der Waals surface area contributed by atoms with Crippen molar-refractivity contribution in [3.8, 4) is 0 Å². The zero-order valence-electron chi connectivity index (χ0n) is 11.4. The number of benzene rings is 1. The van der Waals surface area contributed by atoms with Crippen molar-refractivity contribution in [1.29, 1.82) is 0 Å². The monoisotopic (exact) mass is 282 g/mol. The van der Waals surface area contributed by atoms with Gasteiger partial charge in [-0.05, 0) is 18.6 Å². The normalized spacial score (nSPS) is 12.3. The number of aromatic nitrogens is 3. The molecule has 21 heavy (non-hydrogen) atoms. The lowest BCUT2D eigenvalue weighted by Crippen LogP contribution is -2.20. The fourth-order valence-corrected chi connectivity index (χ4v) is 2.09. The summed E-state index contributed by atoms with van der Waals surface area (Å²) in [4.78, 5) is 16.2. The molecule has 0 saturated carbocycles. The number of nitrogens with zero attached hydrogens (tertiary/aromatic N) is 2. The van der Waals surface area contributed by atoms with Crippen LogP contribution in [0.2, 0.25) is 0 Å². The van der Waals surface area contributed by atoms with Gasteiger partial charge in [-0.25, -0.2) is 4.98 Å². The Kier molecular flexibility index (Phi) is 3.37. The molecule has 2 heterocycles. The van der Waals surface area contributed by atoms with Crippen LogP contribution in [0.4, 0.5) is 5.69 Å². The minimum absolute atomic E-state index is 0.497. The van der Waals surface area contributed by atoms with E-state index in [1.165, 1.54) is 6.20 Å². The van der Waals surface area contributed by atoms with E-state index in [0.717, 1.165) is 11.1 Å². The molecule has 0 aliphatic heterocycles. The molecular formula is C15H14N4O2. The molecule has 3 aromatic rings. The Hall–Kier alpha value is -2.73. The lowest BCUT2D eigenvalue weighted by atomic mass is 10.1. The van der Waals surface area contributed by atoms with E-state index in [9.17, 15) is 9.90 Å².